The third-order valence-electron chi connectivity index (χ3n) is 2.60. The van der Waals surface area contributed by atoms with Gasteiger partial charge in [-0.1, -0.05) is 6.92 Å². The molecule has 1 unspecified atom stereocenters. The highest BCUT2D eigenvalue weighted by molar-refractivity contribution is 7.99. The molecule has 11 heavy (non-hydrogen) atoms. The summed E-state index contributed by atoms with van der Waals surface area (Å²) in [4.78, 5) is 0. The molecule has 2 heteroatoms. The van der Waals surface area contributed by atoms with Gasteiger partial charge in [-0.3, -0.25) is 0 Å². The summed E-state index contributed by atoms with van der Waals surface area (Å²) in [6.45, 7) is 3.56. The van der Waals surface area contributed by atoms with Gasteiger partial charge < -0.3 is 5.32 Å². The molecule has 0 radical (unpaired) electrons. The molecule has 1 fully saturated rings. The number of hydrogen-bond donors (Lipinski definition) is 1. The van der Waals surface area contributed by atoms with Gasteiger partial charge in [-0.2, -0.15) is 11.8 Å². The van der Waals surface area contributed by atoms with E-state index in [4.69, 9.17) is 0 Å². The summed E-state index contributed by atoms with van der Waals surface area (Å²) < 4.78 is 0. The van der Waals surface area contributed by atoms with Gasteiger partial charge in [-0.25, -0.2) is 0 Å². The zero-order chi connectivity index (χ0) is 8.10. The van der Waals surface area contributed by atoms with Crippen LogP contribution in [0.25, 0.3) is 0 Å². The molecule has 66 valence electrons. The summed E-state index contributed by atoms with van der Waals surface area (Å²) in [7, 11) is 2.05. The summed E-state index contributed by atoms with van der Waals surface area (Å²) in [5, 5.41) is 3.26. The van der Waals surface area contributed by atoms with Gasteiger partial charge in [0.1, 0.15) is 0 Å². The molecule has 0 aliphatic carbocycles. The molecule has 0 aromatic carbocycles. The number of thioether (sulfide) groups is 1. The molecule has 0 spiro atoms. The molecule has 0 bridgehead atoms. The van der Waals surface area contributed by atoms with Crippen LogP contribution in [0, 0.1) is 11.8 Å². The molecule has 1 nitrogen and oxygen atoms in total. The van der Waals surface area contributed by atoms with E-state index in [2.05, 4.69) is 24.0 Å². The maximum atomic E-state index is 3.26. The second-order valence-electron chi connectivity index (χ2n) is 3.48. The first-order valence-corrected chi connectivity index (χ1v) is 5.72. The first-order valence-electron chi connectivity index (χ1n) is 4.57. The maximum Gasteiger partial charge on any atom is -0.00235 e. The van der Waals surface area contributed by atoms with Crippen molar-refractivity contribution in [1.29, 1.82) is 0 Å². The van der Waals surface area contributed by atoms with E-state index in [9.17, 15) is 0 Å². The second-order valence-corrected chi connectivity index (χ2v) is 4.71. The van der Waals surface area contributed by atoms with Crippen molar-refractivity contribution >= 4 is 11.8 Å². The fourth-order valence-corrected chi connectivity index (χ4v) is 2.92. The largest absolute Gasteiger partial charge is 0.319 e. The van der Waals surface area contributed by atoms with Crippen LogP contribution in [0.3, 0.4) is 0 Å². The number of hydrogen-bond acceptors (Lipinski definition) is 2. The molecule has 1 heterocycles. The van der Waals surface area contributed by atoms with Gasteiger partial charge in [-0.15, -0.1) is 0 Å². The lowest BCUT2D eigenvalue weighted by molar-refractivity contribution is 0.328. The normalized spacial score (nSPS) is 23.5. The van der Waals surface area contributed by atoms with Crippen molar-refractivity contribution in [3.63, 3.8) is 0 Å². The highest BCUT2D eigenvalue weighted by Gasteiger charge is 2.19. The molecule has 1 rings (SSSR count). The molecule has 1 saturated heterocycles. The Bertz CT molecular complexity index is 99.7. The van der Waals surface area contributed by atoms with Crippen molar-refractivity contribution in [3.05, 3.63) is 0 Å². The second kappa shape index (κ2) is 5.04. The molecule has 0 saturated carbocycles. The maximum absolute atomic E-state index is 3.26. The average Bonchev–Trinajstić information content (AvgIpc) is 2.07. The van der Waals surface area contributed by atoms with Crippen LogP contribution < -0.4 is 5.32 Å². The minimum atomic E-state index is 0.876. The molecule has 0 amide bonds. The van der Waals surface area contributed by atoms with Crippen molar-refractivity contribution in [2.24, 2.45) is 11.8 Å². The highest BCUT2D eigenvalue weighted by atomic mass is 32.2. The van der Waals surface area contributed by atoms with Crippen LogP contribution >= 0.6 is 11.8 Å². The smallest absolute Gasteiger partial charge is 0.00235 e. The van der Waals surface area contributed by atoms with Crippen LogP contribution in [-0.4, -0.2) is 25.1 Å². The Labute approximate surface area is 74.3 Å². The van der Waals surface area contributed by atoms with Gasteiger partial charge in [0.15, 0.2) is 0 Å². The van der Waals surface area contributed by atoms with E-state index in [1.165, 1.54) is 30.9 Å². The molecular formula is C9H19NS. The molecule has 0 aromatic heterocycles. The van der Waals surface area contributed by atoms with Crippen LogP contribution in [0.4, 0.5) is 0 Å². The zero-order valence-electron chi connectivity index (χ0n) is 7.60. The predicted molar refractivity (Wildman–Crippen MR) is 53.1 cm³/mol. The van der Waals surface area contributed by atoms with Gasteiger partial charge >= 0.3 is 0 Å². The molecule has 0 aromatic rings. The summed E-state index contributed by atoms with van der Waals surface area (Å²) in [6.07, 6.45) is 2.88. The summed E-state index contributed by atoms with van der Waals surface area (Å²) in [6, 6.07) is 0. The van der Waals surface area contributed by atoms with E-state index in [1.807, 2.05) is 7.05 Å². The Morgan fingerprint density at radius 1 is 1.45 bits per heavy atom. The first kappa shape index (κ1) is 9.40. The number of rotatable bonds is 3. The SMILES string of the molecule is CNCC(C)C1CCSCC1. The Morgan fingerprint density at radius 3 is 2.64 bits per heavy atom. The molecule has 1 aliphatic rings. The van der Waals surface area contributed by atoms with E-state index in [1.54, 1.807) is 0 Å². The fourth-order valence-electron chi connectivity index (χ4n) is 1.77. The van der Waals surface area contributed by atoms with Crippen LogP contribution in [0.15, 0.2) is 0 Å². The third-order valence-corrected chi connectivity index (χ3v) is 3.65. The Kier molecular flexibility index (Phi) is 4.31. The topological polar surface area (TPSA) is 12.0 Å². The van der Waals surface area contributed by atoms with Crippen LogP contribution in [-0.2, 0) is 0 Å². The quantitative estimate of drug-likeness (QED) is 0.700. The molecular weight excluding hydrogens is 154 g/mol. The zero-order valence-corrected chi connectivity index (χ0v) is 8.41. The van der Waals surface area contributed by atoms with E-state index in [-0.39, 0.29) is 0 Å². The molecule has 1 atom stereocenters. The third kappa shape index (κ3) is 3.04. The number of nitrogens with one attached hydrogen (secondary N) is 1. The Hall–Kier alpha value is 0.310. The minimum Gasteiger partial charge on any atom is -0.319 e. The van der Waals surface area contributed by atoms with Crippen LogP contribution in [0.1, 0.15) is 19.8 Å². The van der Waals surface area contributed by atoms with Crippen molar-refractivity contribution < 1.29 is 0 Å². The Balaban J connectivity index is 2.21. The van der Waals surface area contributed by atoms with E-state index in [0.29, 0.717) is 0 Å². The van der Waals surface area contributed by atoms with Gasteiger partial charge in [0.2, 0.25) is 0 Å². The van der Waals surface area contributed by atoms with E-state index in [0.717, 1.165) is 11.8 Å². The molecule has 1 aliphatic heterocycles. The summed E-state index contributed by atoms with van der Waals surface area (Å²) in [5.74, 6) is 4.64. The van der Waals surface area contributed by atoms with E-state index >= 15 is 0 Å². The predicted octanol–water partition coefficient (Wildman–Crippen LogP) is 1.99. The lowest BCUT2D eigenvalue weighted by Gasteiger charge is -2.27. The highest BCUT2D eigenvalue weighted by Crippen LogP contribution is 2.28. The van der Waals surface area contributed by atoms with Gasteiger partial charge in [0.25, 0.3) is 0 Å². The van der Waals surface area contributed by atoms with Crippen molar-refractivity contribution in [2.45, 2.75) is 19.8 Å². The lowest BCUT2D eigenvalue weighted by Crippen LogP contribution is -2.26. The van der Waals surface area contributed by atoms with Crippen LogP contribution in [0.5, 0.6) is 0 Å². The first-order chi connectivity index (χ1) is 5.34. The average molecular weight is 173 g/mol. The van der Waals surface area contributed by atoms with Gasteiger partial charge in [0.05, 0.1) is 0 Å². The fraction of sp³-hybridized carbons (Fsp3) is 1.00. The summed E-state index contributed by atoms with van der Waals surface area (Å²) in [5.41, 5.74) is 0. The monoisotopic (exact) mass is 173 g/mol. The minimum absolute atomic E-state index is 0.876. The van der Waals surface area contributed by atoms with Gasteiger partial charge in [-0.05, 0) is 49.8 Å². The van der Waals surface area contributed by atoms with Crippen LogP contribution in [0.2, 0.25) is 0 Å². The van der Waals surface area contributed by atoms with Gasteiger partial charge in [0, 0.05) is 0 Å². The van der Waals surface area contributed by atoms with Crippen molar-refractivity contribution in [3.8, 4) is 0 Å². The molecule has 1 N–H and O–H groups in total. The van der Waals surface area contributed by atoms with E-state index < -0.39 is 0 Å². The van der Waals surface area contributed by atoms with Crippen molar-refractivity contribution in [2.75, 3.05) is 25.1 Å². The lowest BCUT2D eigenvalue weighted by atomic mass is 9.89. The standard InChI is InChI=1S/C9H19NS/c1-8(7-10-2)9-3-5-11-6-4-9/h8-10H,3-7H2,1-2H3. The Morgan fingerprint density at radius 2 is 2.09 bits per heavy atom. The van der Waals surface area contributed by atoms with Crippen molar-refractivity contribution in [1.82, 2.24) is 5.32 Å². The summed E-state index contributed by atoms with van der Waals surface area (Å²) >= 11 is 2.11.